The van der Waals surface area contributed by atoms with Crippen LogP contribution in [-0.2, 0) is 9.59 Å². The SMILES string of the molecule is NC(=O)CN1CCCN(C(=O)CNc2ccccc2Cl)CC1. The molecule has 1 saturated heterocycles. The summed E-state index contributed by atoms with van der Waals surface area (Å²) in [5.74, 6) is -0.305. The number of anilines is 1. The summed E-state index contributed by atoms with van der Waals surface area (Å²) in [4.78, 5) is 27.0. The van der Waals surface area contributed by atoms with Crippen molar-refractivity contribution in [2.45, 2.75) is 6.42 Å². The largest absolute Gasteiger partial charge is 0.375 e. The van der Waals surface area contributed by atoms with Crippen LogP contribution in [0.2, 0.25) is 5.02 Å². The number of primary amides is 1. The lowest BCUT2D eigenvalue weighted by atomic mass is 10.3. The van der Waals surface area contributed by atoms with Gasteiger partial charge in [-0.25, -0.2) is 0 Å². The molecule has 0 atom stereocenters. The van der Waals surface area contributed by atoms with E-state index in [1.165, 1.54) is 0 Å². The fourth-order valence-electron chi connectivity index (χ4n) is 2.49. The third kappa shape index (κ3) is 4.89. The number of carbonyl (C=O) groups is 2. The summed E-state index contributed by atoms with van der Waals surface area (Å²) in [6, 6.07) is 7.33. The zero-order chi connectivity index (χ0) is 15.9. The lowest BCUT2D eigenvalue weighted by molar-refractivity contribution is -0.129. The minimum absolute atomic E-state index is 0.0286. The summed E-state index contributed by atoms with van der Waals surface area (Å²) in [6.45, 7) is 3.21. The van der Waals surface area contributed by atoms with Crippen molar-refractivity contribution < 1.29 is 9.59 Å². The molecule has 22 heavy (non-hydrogen) atoms. The van der Waals surface area contributed by atoms with E-state index in [1.54, 1.807) is 6.07 Å². The van der Waals surface area contributed by atoms with Gasteiger partial charge in [0, 0.05) is 26.2 Å². The van der Waals surface area contributed by atoms with Gasteiger partial charge in [0.15, 0.2) is 0 Å². The molecular weight excluding hydrogens is 304 g/mol. The average molecular weight is 325 g/mol. The molecule has 1 aromatic carbocycles. The maximum Gasteiger partial charge on any atom is 0.241 e. The van der Waals surface area contributed by atoms with Gasteiger partial charge in [-0.1, -0.05) is 23.7 Å². The molecule has 2 rings (SSSR count). The van der Waals surface area contributed by atoms with Crippen LogP contribution in [0.15, 0.2) is 24.3 Å². The fourth-order valence-corrected chi connectivity index (χ4v) is 2.69. The van der Waals surface area contributed by atoms with E-state index in [1.807, 2.05) is 28.0 Å². The molecule has 0 aliphatic carbocycles. The molecule has 1 aliphatic heterocycles. The molecule has 3 N–H and O–H groups in total. The number of benzene rings is 1. The first-order valence-electron chi connectivity index (χ1n) is 7.33. The minimum atomic E-state index is -0.333. The van der Waals surface area contributed by atoms with E-state index in [0.29, 0.717) is 24.7 Å². The smallest absolute Gasteiger partial charge is 0.241 e. The first-order chi connectivity index (χ1) is 10.6. The Morgan fingerprint density at radius 3 is 2.68 bits per heavy atom. The van der Waals surface area contributed by atoms with E-state index in [9.17, 15) is 9.59 Å². The number of nitrogens with two attached hydrogens (primary N) is 1. The van der Waals surface area contributed by atoms with Gasteiger partial charge in [0.05, 0.1) is 23.8 Å². The van der Waals surface area contributed by atoms with Gasteiger partial charge in [-0.05, 0) is 18.6 Å². The van der Waals surface area contributed by atoms with Crippen LogP contribution in [0.1, 0.15) is 6.42 Å². The van der Waals surface area contributed by atoms with E-state index in [2.05, 4.69) is 5.32 Å². The van der Waals surface area contributed by atoms with Crippen LogP contribution in [0.3, 0.4) is 0 Å². The fraction of sp³-hybridized carbons (Fsp3) is 0.467. The van der Waals surface area contributed by atoms with E-state index in [0.717, 1.165) is 18.7 Å². The molecule has 1 heterocycles. The summed E-state index contributed by atoms with van der Waals surface area (Å²) in [6.07, 6.45) is 0.838. The minimum Gasteiger partial charge on any atom is -0.375 e. The number of hydrogen-bond acceptors (Lipinski definition) is 4. The Balaban J connectivity index is 1.83. The summed E-state index contributed by atoms with van der Waals surface area (Å²) >= 11 is 6.05. The molecule has 0 radical (unpaired) electrons. The standard InChI is InChI=1S/C15H21ClN4O2/c16-12-4-1-2-5-13(12)18-10-15(22)20-7-3-6-19(8-9-20)11-14(17)21/h1-2,4-5,18H,3,6-11H2,(H2,17,21). The highest BCUT2D eigenvalue weighted by molar-refractivity contribution is 6.33. The second-order valence-corrected chi connectivity index (χ2v) is 5.72. The van der Waals surface area contributed by atoms with Gasteiger partial charge >= 0.3 is 0 Å². The predicted octanol–water partition coefficient (Wildman–Crippen LogP) is 0.772. The first-order valence-corrected chi connectivity index (χ1v) is 7.71. The van der Waals surface area contributed by atoms with Crippen LogP contribution in [-0.4, -0.2) is 60.9 Å². The zero-order valence-electron chi connectivity index (χ0n) is 12.4. The summed E-state index contributed by atoms with van der Waals surface area (Å²) < 4.78 is 0. The molecule has 1 aliphatic rings. The van der Waals surface area contributed by atoms with Gasteiger partial charge in [0.1, 0.15) is 0 Å². The van der Waals surface area contributed by atoms with Crippen LogP contribution < -0.4 is 11.1 Å². The number of nitrogens with one attached hydrogen (secondary N) is 1. The third-order valence-electron chi connectivity index (χ3n) is 3.62. The van der Waals surface area contributed by atoms with E-state index < -0.39 is 0 Å². The van der Waals surface area contributed by atoms with E-state index in [-0.39, 0.29) is 24.9 Å². The highest BCUT2D eigenvalue weighted by atomic mass is 35.5. The van der Waals surface area contributed by atoms with Gasteiger partial charge in [0.2, 0.25) is 11.8 Å². The average Bonchev–Trinajstić information content (AvgIpc) is 2.71. The summed E-state index contributed by atoms with van der Waals surface area (Å²) in [7, 11) is 0. The van der Waals surface area contributed by atoms with Gasteiger partial charge in [0.25, 0.3) is 0 Å². The number of nitrogens with zero attached hydrogens (tertiary/aromatic N) is 2. The molecule has 120 valence electrons. The molecular formula is C15H21ClN4O2. The number of amides is 2. The number of rotatable bonds is 5. The molecule has 7 heteroatoms. The molecule has 2 amide bonds. The van der Waals surface area contributed by atoms with Gasteiger partial charge in [-0.15, -0.1) is 0 Å². The summed E-state index contributed by atoms with van der Waals surface area (Å²) in [5.41, 5.74) is 5.96. The Kier molecular flexibility index (Phi) is 6.03. The Morgan fingerprint density at radius 2 is 1.95 bits per heavy atom. The maximum absolute atomic E-state index is 12.3. The normalized spacial score (nSPS) is 16.1. The van der Waals surface area contributed by atoms with Crippen molar-refractivity contribution >= 4 is 29.1 Å². The molecule has 0 aromatic heterocycles. The van der Waals surface area contributed by atoms with Crippen LogP contribution in [0, 0.1) is 0 Å². The quantitative estimate of drug-likeness (QED) is 0.838. The topological polar surface area (TPSA) is 78.7 Å². The van der Waals surface area contributed by atoms with Gasteiger partial charge in [-0.2, -0.15) is 0 Å². The third-order valence-corrected chi connectivity index (χ3v) is 3.95. The van der Waals surface area contributed by atoms with Gasteiger partial charge in [-0.3, -0.25) is 14.5 Å². The van der Waals surface area contributed by atoms with E-state index in [4.69, 9.17) is 17.3 Å². The highest BCUT2D eigenvalue weighted by Gasteiger charge is 2.19. The predicted molar refractivity (Wildman–Crippen MR) is 86.8 cm³/mol. The molecule has 0 spiro atoms. The second-order valence-electron chi connectivity index (χ2n) is 5.31. The van der Waals surface area contributed by atoms with Crippen LogP contribution in [0.5, 0.6) is 0 Å². The second kappa shape index (κ2) is 8.00. The molecule has 6 nitrogen and oxygen atoms in total. The Labute approximate surface area is 135 Å². The molecule has 0 bridgehead atoms. The van der Waals surface area contributed by atoms with Crippen LogP contribution >= 0.6 is 11.6 Å². The van der Waals surface area contributed by atoms with Crippen molar-refractivity contribution in [3.63, 3.8) is 0 Å². The monoisotopic (exact) mass is 324 g/mol. The molecule has 1 aromatic rings. The first kappa shape index (κ1) is 16.6. The van der Waals surface area contributed by atoms with Crippen molar-refractivity contribution in [2.75, 3.05) is 44.6 Å². The maximum atomic E-state index is 12.3. The van der Waals surface area contributed by atoms with Crippen LogP contribution in [0.4, 0.5) is 5.69 Å². The zero-order valence-corrected chi connectivity index (χ0v) is 13.2. The van der Waals surface area contributed by atoms with Crippen molar-refractivity contribution in [3.8, 4) is 0 Å². The molecule has 0 unspecified atom stereocenters. The number of halogens is 1. The van der Waals surface area contributed by atoms with Gasteiger partial charge < -0.3 is 16.0 Å². The molecule has 0 saturated carbocycles. The van der Waals surface area contributed by atoms with Crippen molar-refractivity contribution in [2.24, 2.45) is 5.73 Å². The Bertz CT molecular complexity index is 538. The van der Waals surface area contributed by atoms with Crippen LogP contribution in [0.25, 0.3) is 0 Å². The molecule has 1 fully saturated rings. The number of para-hydroxylation sites is 1. The van der Waals surface area contributed by atoms with Crippen molar-refractivity contribution in [1.29, 1.82) is 0 Å². The van der Waals surface area contributed by atoms with E-state index >= 15 is 0 Å². The van der Waals surface area contributed by atoms with Crippen molar-refractivity contribution in [3.05, 3.63) is 29.3 Å². The van der Waals surface area contributed by atoms with Crippen molar-refractivity contribution in [1.82, 2.24) is 9.80 Å². The lowest BCUT2D eigenvalue weighted by Crippen LogP contribution is -2.40. The Morgan fingerprint density at radius 1 is 1.18 bits per heavy atom. The summed E-state index contributed by atoms with van der Waals surface area (Å²) in [5, 5.41) is 3.66. The number of carbonyl (C=O) groups excluding carboxylic acids is 2. The Hall–Kier alpha value is -1.79. The number of hydrogen-bond donors (Lipinski definition) is 2. The lowest BCUT2D eigenvalue weighted by Gasteiger charge is -2.21. The highest BCUT2D eigenvalue weighted by Crippen LogP contribution is 2.20.